The topological polar surface area (TPSA) is 0 Å². The first kappa shape index (κ1) is 9.06. The van der Waals surface area contributed by atoms with Gasteiger partial charge in [0.2, 0.25) is 0 Å². The molecule has 0 fully saturated rings. The molecule has 0 aromatic heterocycles. The number of hydrogen-bond donors (Lipinski definition) is 0. The van der Waals surface area contributed by atoms with E-state index in [2.05, 4.69) is 0 Å². The van der Waals surface area contributed by atoms with Crippen molar-refractivity contribution in [2.24, 2.45) is 0 Å². The molecule has 9 heavy (non-hydrogen) atoms. The van der Waals surface area contributed by atoms with Crippen molar-refractivity contribution in [1.82, 2.24) is 0 Å². The molecule has 0 amide bonds. The maximum atomic E-state index is 5.38. The van der Waals surface area contributed by atoms with Gasteiger partial charge in [0, 0.05) is 11.4 Å². The molecule has 0 aliphatic rings. The third-order valence-electron chi connectivity index (χ3n) is 0.845. The SMILES string of the molecule is Cl/C=C/CC/C=C/CCl. The molecule has 0 unspecified atom stereocenters. The van der Waals surface area contributed by atoms with Crippen molar-refractivity contribution in [3.05, 3.63) is 23.8 Å². The lowest BCUT2D eigenvalue weighted by molar-refractivity contribution is 1.05. The maximum absolute atomic E-state index is 5.38. The van der Waals surface area contributed by atoms with Gasteiger partial charge in [-0.1, -0.05) is 29.8 Å². The third-order valence-corrected chi connectivity index (χ3v) is 1.20. The van der Waals surface area contributed by atoms with Gasteiger partial charge in [0.15, 0.2) is 0 Å². The average molecular weight is 165 g/mol. The van der Waals surface area contributed by atoms with Crippen LogP contribution in [0.5, 0.6) is 0 Å². The zero-order chi connectivity index (χ0) is 6.95. The summed E-state index contributed by atoms with van der Waals surface area (Å²) in [7, 11) is 0. The highest BCUT2D eigenvalue weighted by molar-refractivity contribution is 6.25. The van der Waals surface area contributed by atoms with Gasteiger partial charge in [-0.3, -0.25) is 0 Å². The summed E-state index contributed by atoms with van der Waals surface area (Å²) >= 11 is 10.7. The Morgan fingerprint density at radius 1 is 1.00 bits per heavy atom. The van der Waals surface area contributed by atoms with Crippen molar-refractivity contribution < 1.29 is 0 Å². The Kier molecular flexibility index (Phi) is 8.11. The molecule has 0 spiro atoms. The van der Waals surface area contributed by atoms with Gasteiger partial charge in [-0.2, -0.15) is 0 Å². The first-order valence-electron chi connectivity index (χ1n) is 2.88. The zero-order valence-corrected chi connectivity index (χ0v) is 6.70. The van der Waals surface area contributed by atoms with Crippen LogP contribution < -0.4 is 0 Å². The van der Waals surface area contributed by atoms with Gasteiger partial charge < -0.3 is 0 Å². The zero-order valence-electron chi connectivity index (χ0n) is 5.19. The highest BCUT2D eigenvalue weighted by atomic mass is 35.5. The molecule has 0 aliphatic heterocycles. The summed E-state index contributed by atoms with van der Waals surface area (Å²) in [6, 6.07) is 0. The van der Waals surface area contributed by atoms with Gasteiger partial charge >= 0.3 is 0 Å². The van der Waals surface area contributed by atoms with Gasteiger partial charge in [-0.05, 0) is 12.8 Å². The first-order valence-corrected chi connectivity index (χ1v) is 3.85. The molecule has 0 bridgehead atoms. The fraction of sp³-hybridized carbons (Fsp3) is 0.429. The van der Waals surface area contributed by atoms with E-state index in [4.69, 9.17) is 23.2 Å². The Hall–Kier alpha value is 0.0600. The largest absolute Gasteiger partial charge is 0.122 e. The molecule has 0 N–H and O–H groups in total. The van der Waals surface area contributed by atoms with Gasteiger partial charge in [-0.25, -0.2) is 0 Å². The van der Waals surface area contributed by atoms with Gasteiger partial charge in [-0.15, -0.1) is 11.6 Å². The maximum Gasteiger partial charge on any atom is 0.0404 e. The van der Waals surface area contributed by atoms with E-state index >= 15 is 0 Å². The lowest BCUT2D eigenvalue weighted by Gasteiger charge is -1.82. The van der Waals surface area contributed by atoms with Crippen molar-refractivity contribution in [2.75, 3.05) is 5.88 Å². The second kappa shape index (κ2) is 8.06. The molecule has 0 atom stereocenters. The molecule has 0 heterocycles. The normalized spacial score (nSPS) is 11.8. The Morgan fingerprint density at radius 3 is 2.22 bits per heavy atom. The molecule has 52 valence electrons. The monoisotopic (exact) mass is 164 g/mol. The average Bonchev–Trinajstić information content (AvgIpc) is 1.89. The van der Waals surface area contributed by atoms with Gasteiger partial charge in [0.1, 0.15) is 0 Å². The predicted octanol–water partition coefficient (Wildman–Crippen LogP) is 3.31. The fourth-order valence-corrected chi connectivity index (χ4v) is 0.688. The number of allylic oxidation sites excluding steroid dienone is 3. The van der Waals surface area contributed by atoms with E-state index < -0.39 is 0 Å². The number of rotatable bonds is 4. The number of alkyl halides is 1. The first-order chi connectivity index (χ1) is 4.41. The van der Waals surface area contributed by atoms with E-state index in [1.807, 2.05) is 18.2 Å². The lowest BCUT2D eigenvalue weighted by Crippen LogP contribution is -1.64. The van der Waals surface area contributed by atoms with Crippen LogP contribution in [0.4, 0.5) is 0 Å². The van der Waals surface area contributed by atoms with Crippen LogP contribution in [0, 0.1) is 0 Å². The third kappa shape index (κ3) is 8.06. The molecule has 0 aromatic carbocycles. The van der Waals surface area contributed by atoms with Crippen LogP contribution in [0.2, 0.25) is 0 Å². The fourth-order valence-electron chi connectivity index (χ4n) is 0.436. The van der Waals surface area contributed by atoms with Crippen LogP contribution in [-0.4, -0.2) is 5.88 Å². The minimum Gasteiger partial charge on any atom is -0.122 e. The van der Waals surface area contributed by atoms with E-state index in [-0.39, 0.29) is 0 Å². The molecule has 0 rings (SSSR count). The smallest absolute Gasteiger partial charge is 0.0404 e. The number of halogens is 2. The van der Waals surface area contributed by atoms with Crippen LogP contribution in [0.25, 0.3) is 0 Å². The van der Waals surface area contributed by atoms with E-state index in [9.17, 15) is 0 Å². The van der Waals surface area contributed by atoms with Crippen molar-refractivity contribution >= 4 is 23.2 Å². The van der Waals surface area contributed by atoms with Crippen LogP contribution in [0.3, 0.4) is 0 Å². The second-order valence-corrected chi connectivity index (χ2v) is 2.13. The molecular formula is C7H10Cl2. The van der Waals surface area contributed by atoms with Crippen LogP contribution in [-0.2, 0) is 0 Å². The van der Waals surface area contributed by atoms with Gasteiger partial charge in [0.05, 0.1) is 0 Å². The Bertz CT molecular complexity index is 95.1. The van der Waals surface area contributed by atoms with Crippen LogP contribution >= 0.6 is 23.2 Å². The molecule has 0 aromatic rings. The minimum atomic E-state index is 0.602. The summed E-state index contributed by atoms with van der Waals surface area (Å²) in [4.78, 5) is 0. The highest BCUT2D eigenvalue weighted by Crippen LogP contribution is 1.94. The summed E-state index contributed by atoms with van der Waals surface area (Å²) in [5, 5.41) is 0. The summed E-state index contributed by atoms with van der Waals surface area (Å²) in [6.45, 7) is 0. The van der Waals surface area contributed by atoms with E-state index in [1.54, 1.807) is 0 Å². The standard InChI is InChI=1S/C7H10Cl2/c8-6-4-2-1-3-5-7-9/h2,4-5,7H,1,3,6H2/b4-2+,7-5+. The van der Waals surface area contributed by atoms with Crippen LogP contribution in [0.15, 0.2) is 23.8 Å². The number of unbranched alkanes of at least 4 members (excludes halogenated alkanes) is 1. The second-order valence-electron chi connectivity index (χ2n) is 1.56. The summed E-state index contributed by atoms with van der Waals surface area (Å²) < 4.78 is 0. The van der Waals surface area contributed by atoms with Crippen molar-refractivity contribution in [3.63, 3.8) is 0 Å². The van der Waals surface area contributed by atoms with Crippen molar-refractivity contribution in [3.8, 4) is 0 Å². The highest BCUT2D eigenvalue weighted by Gasteiger charge is 1.73. The molecule has 2 heteroatoms. The molecule has 0 radical (unpaired) electrons. The van der Waals surface area contributed by atoms with Crippen molar-refractivity contribution in [1.29, 1.82) is 0 Å². The molecule has 0 aliphatic carbocycles. The van der Waals surface area contributed by atoms with E-state index in [0.29, 0.717) is 5.88 Å². The summed E-state index contributed by atoms with van der Waals surface area (Å²) in [6.07, 6.45) is 7.92. The Balaban J connectivity index is 2.99. The lowest BCUT2D eigenvalue weighted by atomic mass is 10.3. The molecular weight excluding hydrogens is 155 g/mol. The summed E-state index contributed by atoms with van der Waals surface area (Å²) in [5.74, 6) is 0.602. The number of hydrogen-bond acceptors (Lipinski definition) is 0. The minimum absolute atomic E-state index is 0.602. The van der Waals surface area contributed by atoms with E-state index in [1.165, 1.54) is 5.54 Å². The van der Waals surface area contributed by atoms with Crippen LogP contribution in [0.1, 0.15) is 12.8 Å². The van der Waals surface area contributed by atoms with Crippen molar-refractivity contribution in [2.45, 2.75) is 12.8 Å². The molecule has 0 nitrogen and oxygen atoms in total. The quantitative estimate of drug-likeness (QED) is 0.340. The van der Waals surface area contributed by atoms with E-state index in [0.717, 1.165) is 12.8 Å². The van der Waals surface area contributed by atoms with Gasteiger partial charge in [0.25, 0.3) is 0 Å². The summed E-state index contributed by atoms with van der Waals surface area (Å²) in [5.41, 5.74) is 1.54. The molecule has 0 saturated heterocycles. The predicted molar refractivity (Wildman–Crippen MR) is 44.1 cm³/mol. The Morgan fingerprint density at radius 2 is 1.67 bits per heavy atom. The molecule has 0 saturated carbocycles. The Labute approximate surface area is 66.2 Å².